The van der Waals surface area contributed by atoms with E-state index in [0.29, 0.717) is 19.6 Å². The number of amides is 1. The van der Waals surface area contributed by atoms with Gasteiger partial charge in [0.1, 0.15) is 18.5 Å². The minimum absolute atomic E-state index is 0.0495. The molecule has 5 nitrogen and oxygen atoms in total. The second kappa shape index (κ2) is 9.34. The van der Waals surface area contributed by atoms with Crippen LogP contribution in [0.5, 0.6) is 5.75 Å². The Bertz CT molecular complexity index is 410. The van der Waals surface area contributed by atoms with E-state index in [1.54, 1.807) is 0 Å². The molecule has 1 rings (SSSR count). The molecule has 1 amide bonds. The predicted molar refractivity (Wildman–Crippen MR) is 78.9 cm³/mol. The van der Waals surface area contributed by atoms with E-state index in [-0.39, 0.29) is 12.5 Å². The van der Waals surface area contributed by atoms with E-state index in [9.17, 15) is 9.90 Å². The van der Waals surface area contributed by atoms with E-state index < -0.39 is 6.10 Å². The van der Waals surface area contributed by atoms with E-state index in [0.717, 1.165) is 12.2 Å². The van der Waals surface area contributed by atoms with Crippen LogP contribution in [0.2, 0.25) is 0 Å². The maximum Gasteiger partial charge on any atom is 0.216 e. The minimum Gasteiger partial charge on any atom is -0.491 e. The molecule has 1 aromatic carbocycles. The van der Waals surface area contributed by atoms with Gasteiger partial charge in [-0.1, -0.05) is 19.1 Å². The molecule has 0 radical (unpaired) electrons. The molecule has 0 saturated carbocycles. The molecule has 0 aliphatic heterocycles. The quantitative estimate of drug-likeness (QED) is 0.583. The third-order valence-corrected chi connectivity index (χ3v) is 2.80. The van der Waals surface area contributed by atoms with Crippen LogP contribution in [0.25, 0.3) is 0 Å². The lowest BCUT2D eigenvalue weighted by molar-refractivity contribution is -0.118. The van der Waals surface area contributed by atoms with Gasteiger partial charge < -0.3 is 20.5 Å². The number of hydrogen-bond donors (Lipinski definition) is 3. The highest BCUT2D eigenvalue weighted by Gasteiger charge is 2.05. The Morgan fingerprint density at radius 1 is 1.40 bits per heavy atom. The smallest absolute Gasteiger partial charge is 0.216 e. The molecule has 1 atom stereocenters. The number of hydrogen-bond acceptors (Lipinski definition) is 4. The number of nitrogens with one attached hydrogen (secondary N) is 2. The first kappa shape index (κ1) is 16.5. The molecule has 0 spiro atoms. The zero-order valence-electron chi connectivity index (χ0n) is 12.2. The fourth-order valence-electron chi connectivity index (χ4n) is 1.70. The standard InChI is InChI=1S/C15H24N2O3/c1-3-13-5-4-6-15(9-13)20-11-14(19)10-16-7-8-17-12(2)18/h4-6,9,14,16,19H,3,7-8,10-11H2,1-2H3,(H,17,18). The van der Waals surface area contributed by atoms with E-state index in [1.165, 1.54) is 12.5 Å². The van der Waals surface area contributed by atoms with Gasteiger partial charge in [-0.2, -0.15) is 0 Å². The molecular weight excluding hydrogens is 256 g/mol. The van der Waals surface area contributed by atoms with Gasteiger partial charge in [0, 0.05) is 26.6 Å². The fraction of sp³-hybridized carbons (Fsp3) is 0.533. The Morgan fingerprint density at radius 2 is 2.20 bits per heavy atom. The van der Waals surface area contributed by atoms with Gasteiger partial charge >= 0.3 is 0 Å². The van der Waals surface area contributed by atoms with Crippen LogP contribution >= 0.6 is 0 Å². The van der Waals surface area contributed by atoms with Crippen molar-refractivity contribution in [3.8, 4) is 5.75 Å². The number of carbonyl (C=O) groups excluding carboxylic acids is 1. The summed E-state index contributed by atoms with van der Waals surface area (Å²) < 4.78 is 5.55. The molecule has 20 heavy (non-hydrogen) atoms. The normalized spacial score (nSPS) is 11.9. The van der Waals surface area contributed by atoms with E-state index in [1.807, 2.05) is 24.3 Å². The fourth-order valence-corrected chi connectivity index (χ4v) is 1.70. The number of aliphatic hydroxyl groups excluding tert-OH is 1. The molecule has 3 N–H and O–H groups in total. The van der Waals surface area contributed by atoms with Gasteiger partial charge in [0.15, 0.2) is 0 Å². The van der Waals surface area contributed by atoms with Crippen LogP contribution in [-0.2, 0) is 11.2 Å². The van der Waals surface area contributed by atoms with Crippen LogP contribution in [0.15, 0.2) is 24.3 Å². The van der Waals surface area contributed by atoms with Crippen LogP contribution in [0.3, 0.4) is 0 Å². The summed E-state index contributed by atoms with van der Waals surface area (Å²) in [6, 6.07) is 7.87. The highest BCUT2D eigenvalue weighted by atomic mass is 16.5. The maximum atomic E-state index is 10.6. The molecule has 0 aliphatic rings. The molecule has 0 fully saturated rings. The molecule has 112 valence electrons. The van der Waals surface area contributed by atoms with Crippen LogP contribution in [-0.4, -0.2) is 43.4 Å². The Morgan fingerprint density at radius 3 is 2.90 bits per heavy atom. The van der Waals surface area contributed by atoms with Crippen molar-refractivity contribution in [2.24, 2.45) is 0 Å². The SMILES string of the molecule is CCc1cccc(OCC(O)CNCCNC(C)=O)c1. The number of benzene rings is 1. The van der Waals surface area contributed by atoms with Crippen molar-refractivity contribution in [3.05, 3.63) is 29.8 Å². The first-order chi connectivity index (χ1) is 9.61. The number of rotatable bonds is 9. The Hall–Kier alpha value is -1.59. The third-order valence-electron chi connectivity index (χ3n) is 2.80. The lowest BCUT2D eigenvalue weighted by atomic mass is 10.2. The molecule has 0 saturated heterocycles. The average Bonchev–Trinajstić information content (AvgIpc) is 2.44. The lowest BCUT2D eigenvalue weighted by Gasteiger charge is -2.13. The Labute approximate surface area is 120 Å². The van der Waals surface area contributed by atoms with Crippen molar-refractivity contribution in [1.82, 2.24) is 10.6 Å². The summed E-state index contributed by atoms with van der Waals surface area (Å²) in [6.07, 6.45) is 0.391. The van der Waals surface area contributed by atoms with Crippen molar-refractivity contribution in [2.45, 2.75) is 26.4 Å². The minimum atomic E-state index is -0.572. The van der Waals surface area contributed by atoms with Gasteiger partial charge in [0.25, 0.3) is 0 Å². The molecule has 0 aromatic heterocycles. The second-order valence-corrected chi connectivity index (χ2v) is 4.65. The van der Waals surface area contributed by atoms with Gasteiger partial charge in [-0.3, -0.25) is 4.79 Å². The van der Waals surface area contributed by atoms with Crippen molar-refractivity contribution >= 4 is 5.91 Å². The molecule has 0 heterocycles. The molecule has 5 heteroatoms. The van der Waals surface area contributed by atoms with Crippen LogP contribution in [0.4, 0.5) is 0 Å². The molecular formula is C15H24N2O3. The predicted octanol–water partition coefficient (Wildman–Crippen LogP) is 0.714. The molecule has 1 aromatic rings. The topological polar surface area (TPSA) is 70.6 Å². The highest BCUT2D eigenvalue weighted by molar-refractivity contribution is 5.72. The van der Waals surface area contributed by atoms with E-state index in [4.69, 9.17) is 4.74 Å². The zero-order valence-corrected chi connectivity index (χ0v) is 12.2. The summed E-state index contributed by atoms with van der Waals surface area (Å²) in [4.78, 5) is 10.6. The number of aryl methyl sites for hydroxylation is 1. The summed E-state index contributed by atoms with van der Waals surface area (Å²) in [5, 5.41) is 15.5. The van der Waals surface area contributed by atoms with Crippen molar-refractivity contribution in [2.75, 3.05) is 26.2 Å². The summed E-state index contributed by atoms with van der Waals surface area (Å²) in [6.45, 7) is 5.44. The monoisotopic (exact) mass is 280 g/mol. The first-order valence-corrected chi connectivity index (χ1v) is 6.96. The van der Waals surface area contributed by atoms with Gasteiger partial charge in [-0.15, -0.1) is 0 Å². The van der Waals surface area contributed by atoms with Crippen LogP contribution in [0, 0.1) is 0 Å². The summed E-state index contributed by atoms with van der Waals surface area (Å²) in [5.41, 5.74) is 1.21. The van der Waals surface area contributed by atoms with Crippen LogP contribution in [0.1, 0.15) is 19.4 Å². The number of carbonyl (C=O) groups is 1. The van der Waals surface area contributed by atoms with Gasteiger partial charge in [0.2, 0.25) is 5.91 Å². The Balaban J connectivity index is 2.15. The van der Waals surface area contributed by atoms with Crippen LogP contribution < -0.4 is 15.4 Å². The first-order valence-electron chi connectivity index (χ1n) is 6.96. The number of ether oxygens (including phenoxy) is 1. The Kier molecular flexibility index (Phi) is 7.69. The summed E-state index contributed by atoms with van der Waals surface area (Å²) in [5.74, 6) is 0.730. The number of aliphatic hydroxyl groups is 1. The van der Waals surface area contributed by atoms with Crippen molar-refractivity contribution in [3.63, 3.8) is 0 Å². The lowest BCUT2D eigenvalue weighted by Crippen LogP contribution is -2.36. The van der Waals surface area contributed by atoms with Crippen molar-refractivity contribution < 1.29 is 14.6 Å². The second-order valence-electron chi connectivity index (χ2n) is 4.65. The largest absolute Gasteiger partial charge is 0.491 e. The zero-order chi connectivity index (χ0) is 14.8. The van der Waals surface area contributed by atoms with Gasteiger partial charge in [-0.25, -0.2) is 0 Å². The third kappa shape index (κ3) is 7.11. The highest BCUT2D eigenvalue weighted by Crippen LogP contribution is 2.13. The van der Waals surface area contributed by atoms with E-state index >= 15 is 0 Å². The molecule has 0 bridgehead atoms. The molecule has 1 unspecified atom stereocenters. The summed E-state index contributed by atoms with van der Waals surface area (Å²) in [7, 11) is 0. The van der Waals surface area contributed by atoms with E-state index in [2.05, 4.69) is 17.6 Å². The van der Waals surface area contributed by atoms with Crippen molar-refractivity contribution in [1.29, 1.82) is 0 Å². The maximum absolute atomic E-state index is 10.6. The van der Waals surface area contributed by atoms with Gasteiger partial charge in [0.05, 0.1) is 0 Å². The summed E-state index contributed by atoms with van der Waals surface area (Å²) >= 11 is 0. The average molecular weight is 280 g/mol. The molecule has 0 aliphatic carbocycles. The van der Waals surface area contributed by atoms with Gasteiger partial charge in [-0.05, 0) is 24.1 Å².